The molecule has 2 rings (SSSR count). The minimum Gasteiger partial charge on any atom is -0.298 e. The molecule has 1 aromatic rings. The van der Waals surface area contributed by atoms with Gasteiger partial charge < -0.3 is 0 Å². The van der Waals surface area contributed by atoms with Crippen molar-refractivity contribution in [2.45, 2.75) is 63.3 Å². The molecule has 0 amide bonds. The van der Waals surface area contributed by atoms with E-state index in [9.17, 15) is 26.4 Å². The maximum atomic E-state index is 12.7. The zero-order valence-electron chi connectivity index (χ0n) is 15.0. The summed E-state index contributed by atoms with van der Waals surface area (Å²) < 4.78 is 61.6. The molecule has 146 valence electrons. The van der Waals surface area contributed by atoms with Gasteiger partial charge in [-0.2, -0.15) is 13.2 Å². The quantitative estimate of drug-likeness (QED) is 0.736. The smallest absolute Gasteiger partial charge is 0.298 e. The van der Waals surface area contributed by atoms with Crippen LogP contribution >= 0.6 is 0 Å². The highest BCUT2D eigenvalue weighted by Gasteiger charge is 2.42. The van der Waals surface area contributed by atoms with Crippen molar-refractivity contribution in [3.63, 3.8) is 0 Å². The summed E-state index contributed by atoms with van der Waals surface area (Å²) in [6, 6.07) is 1.96. The Bertz CT molecular complexity index is 734. The first-order valence-corrected chi connectivity index (χ1v) is 10.4. The topological polar surface area (TPSA) is 64.1 Å². The number of Topliss-reactive ketones (excluding diaryl/α,β-unsaturated/α-hetero) is 1. The molecule has 0 spiro atoms. The van der Waals surface area contributed by atoms with Gasteiger partial charge in [-0.3, -0.25) is 9.78 Å². The molecular weight excluding hydrogens is 367 g/mol. The molecule has 1 fully saturated rings. The molecule has 1 aliphatic carbocycles. The summed E-state index contributed by atoms with van der Waals surface area (Å²) in [7, 11) is -3.67. The number of ketones is 1. The Balaban J connectivity index is 2.08. The van der Waals surface area contributed by atoms with Crippen LogP contribution in [0.5, 0.6) is 0 Å². The Hall–Kier alpha value is -1.44. The Kier molecular flexibility index (Phi) is 6.15. The summed E-state index contributed by atoms with van der Waals surface area (Å²) in [5, 5.41) is 0. The number of nitrogens with zero attached hydrogens (tertiary/aromatic N) is 1. The highest BCUT2D eigenvalue weighted by Crippen LogP contribution is 2.31. The fourth-order valence-corrected chi connectivity index (χ4v) is 4.91. The Labute approximate surface area is 152 Å². The first kappa shape index (κ1) is 20.9. The fraction of sp³-hybridized carbons (Fsp3) is 0.667. The number of aromatic nitrogens is 1. The van der Waals surface area contributed by atoms with Crippen molar-refractivity contribution in [2.75, 3.05) is 5.75 Å². The molecule has 8 heteroatoms. The van der Waals surface area contributed by atoms with E-state index in [1.54, 1.807) is 0 Å². The molecule has 0 aromatic carbocycles. The summed E-state index contributed by atoms with van der Waals surface area (Å²) in [5.41, 5.74) is -0.776. The van der Waals surface area contributed by atoms with Crippen LogP contribution in [0.15, 0.2) is 18.3 Å². The van der Waals surface area contributed by atoms with Gasteiger partial charge in [0.05, 0.1) is 17.7 Å². The van der Waals surface area contributed by atoms with Gasteiger partial charge >= 0.3 is 6.18 Å². The average Bonchev–Trinajstić information content (AvgIpc) is 2.54. The summed E-state index contributed by atoms with van der Waals surface area (Å²) in [6.45, 7) is 2.75. The van der Waals surface area contributed by atoms with Gasteiger partial charge in [-0.1, -0.05) is 19.3 Å². The number of carbonyl (C=O) groups excluding carboxylic acids is 1. The second kappa shape index (κ2) is 7.66. The van der Waals surface area contributed by atoms with E-state index in [-0.39, 0.29) is 23.8 Å². The maximum absolute atomic E-state index is 12.7. The molecule has 0 unspecified atom stereocenters. The van der Waals surface area contributed by atoms with Crippen LogP contribution in [-0.4, -0.2) is 29.7 Å². The molecule has 0 radical (unpaired) electrons. The van der Waals surface area contributed by atoms with E-state index in [2.05, 4.69) is 4.98 Å². The monoisotopic (exact) mass is 391 g/mol. The van der Waals surface area contributed by atoms with Gasteiger partial charge in [-0.25, -0.2) is 8.42 Å². The molecule has 0 aliphatic heterocycles. The van der Waals surface area contributed by atoms with Crippen molar-refractivity contribution < 1.29 is 26.4 Å². The van der Waals surface area contributed by atoms with Crippen molar-refractivity contribution in [2.24, 2.45) is 5.92 Å². The molecule has 0 saturated heterocycles. The lowest BCUT2D eigenvalue weighted by Gasteiger charge is -2.28. The van der Waals surface area contributed by atoms with Crippen molar-refractivity contribution in [3.05, 3.63) is 29.6 Å². The van der Waals surface area contributed by atoms with Crippen molar-refractivity contribution >= 4 is 15.6 Å². The third kappa shape index (κ3) is 4.84. The lowest BCUT2D eigenvalue weighted by molar-refractivity contribution is -0.137. The first-order chi connectivity index (χ1) is 11.9. The van der Waals surface area contributed by atoms with E-state index in [0.29, 0.717) is 6.20 Å². The largest absolute Gasteiger partial charge is 0.417 e. The summed E-state index contributed by atoms with van der Waals surface area (Å²) in [5.74, 6) is -0.503. The van der Waals surface area contributed by atoms with Crippen LogP contribution in [0.3, 0.4) is 0 Å². The minimum atomic E-state index is -4.50. The zero-order valence-corrected chi connectivity index (χ0v) is 15.8. The number of carbonyl (C=O) groups is 1. The van der Waals surface area contributed by atoms with Gasteiger partial charge in [-0.15, -0.1) is 0 Å². The Morgan fingerprint density at radius 3 is 2.27 bits per heavy atom. The van der Waals surface area contributed by atoms with Crippen molar-refractivity contribution in [1.82, 2.24) is 4.98 Å². The third-order valence-corrected chi connectivity index (χ3v) is 7.82. The SMILES string of the molecule is CC(C)(C(=O)Cc1ccc(C(F)(F)F)cn1)S(=O)(=O)CC1CCCCC1. The predicted octanol–water partition coefficient (Wildman–Crippen LogP) is 3.99. The van der Waals surface area contributed by atoms with Crippen LogP contribution in [0.4, 0.5) is 13.2 Å². The number of halogens is 3. The third-order valence-electron chi connectivity index (χ3n) is 5.12. The Morgan fingerprint density at radius 1 is 1.15 bits per heavy atom. The summed E-state index contributed by atoms with van der Waals surface area (Å²) >= 11 is 0. The van der Waals surface area contributed by atoms with Gasteiger partial charge in [0, 0.05) is 11.9 Å². The van der Waals surface area contributed by atoms with Crippen LogP contribution in [-0.2, 0) is 27.2 Å². The lowest BCUT2D eigenvalue weighted by atomic mass is 9.91. The van der Waals surface area contributed by atoms with Gasteiger partial charge in [-0.05, 0) is 44.7 Å². The molecule has 1 aliphatic rings. The van der Waals surface area contributed by atoms with E-state index in [0.717, 1.165) is 44.2 Å². The van der Waals surface area contributed by atoms with Gasteiger partial charge in [0.1, 0.15) is 4.75 Å². The fourth-order valence-electron chi connectivity index (χ4n) is 3.12. The van der Waals surface area contributed by atoms with Gasteiger partial charge in [0.2, 0.25) is 0 Å². The molecule has 0 N–H and O–H groups in total. The number of hydrogen-bond donors (Lipinski definition) is 0. The lowest BCUT2D eigenvalue weighted by Crippen LogP contribution is -2.44. The Morgan fingerprint density at radius 2 is 1.77 bits per heavy atom. The zero-order chi connectivity index (χ0) is 19.6. The van der Waals surface area contributed by atoms with E-state index in [1.807, 2.05) is 0 Å². The number of pyridine rings is 1. The predicted molar refractivity (Wildman–Crippen MR) is 92.4 cm³/mol. The number of sulfone groups is 1. The average molecular weight is 391 g/mol. The standard InChI is InChI=1S/C18H24F3NO3S/c1-17(2,26(24,25)12-13-6-4-3-5-7-13)16(23)10-15-9-8-14(11-22-15)18(19,20)21/h8-9,11,13H,3-7,10,12H2,1-2H3. The first-order valence-electron chi connectivity index (χ1n) is 8.71. The molecule has 1 saturated carbocycles. The molecule has 0 atom stereocenters. The van der Waals surface area contributed by atoms with Crippen LogP contribution in [0, 0.1) is 5.92 Å². The summed E-state index contributed by atoms with van der Waals surface area (Å²) in [6.07, 6.45) is 0.666. The molecular formula is C18H24F3NO3S. The van der Waals surface area contributed by atoms with E-state index < -0.39 is 32.1 Å². The van der Waals surface area contributed by atoms with Gasteiger partial charge in [0.15, 0.2) is 15.6 Å². The highest BCUT2D eigenvalue weighted by atomic mass is 32.2. The molecule has 26 heavy (non-hydrogen) atoms. The van der Waals surface area contributed by atoms with Crippen LogP contribution in [0.25, 0.3) is 0 Å². The number of alkyl halides is 3. The van der Waals surface area contributed by atoms with Crippen LogP contribution in [0.2, 0.25) is 0 Å². The molecule has 0 bridgehead atoms. The second-order valence-electron chi connectivity index (χ2n) is 7.43. The van der Waals surface area contributed by atoms with Crippen LogP contribution in [0.1, 0.15) is 57.2 Å². The normalized spacial score (nSPS) is 17.3. The van der Waals surface area contributed by atoms with Crippen LogP contribution < -0.4 is 0 Å². The summed E-state index contributed by atoms with van der Waals surface area (Å²) in [4.78, 5) is 16.2. The molecule has 1 heterocycles. The number of hydrogen-bond acceptors (Lipinski definition) is 4. The maximum Gasteiger partial charge on any atom is 0.417 e. The van der Waals surface area contributed by atoms with E-state index >= 15 is 0 Å². The minimum absolute atomic E-state index is 0.0216. The van der Waals surface area contributed by atoms with Gasteiger partial charge in [0.25, 0.3) is 0 Å². The number of rotatable bonds is 6. The molecule has 4 nitrogen and oxygen atoms in total. The van der Waals surface area contributed by atoms with Crippen molar-refractivity contribution in [3.8, 4) is 0 Å². The highest BCUT2D eigenvalue weighted by molar-refractivity contribution is 7.93. The van der Waals surface area contributed by atoms with E-state index in [1.165, 1.54) is 13.8 Å². The second-order valence-corrected chi connectivity index (χ2v) is 10.0. The molecule has 1 aromatic heterocycles. The van der Waals surface area contributed by atoms with Crippen molar-refractivity contribution in [1.29, 1.82) is 0 Å². The van der Waals surface area contributed by atoms with E-state index in [4.69, 9.17) is 0 Å².